The molecule has 0 aliphatic carbocycles. The number of hydrogen-bond acceptors (Lipinski definition) is 9. The summed E-state index contributed by atoms with van der Waals surface area (Å²) < 4.78 is 22.2. The van der Waals surface area contributed by atoms with Gasteiger partial charge in [-0.05, 0) is 64.9 Å². The van der Waals surface area contributed by atoms with Gasteiger partial charge in [0.25, 0.3) is 0 Å². The van der Waals surface area contributed by atoms with Crippen molar-refractivity contribution >= 4 is 34.4 Å². The number of pyridine rings is 1. The second kappa shape index (κ2) is 22.9. The maximum Gasteiger partial charge on any atom is 0.305 e. The minimum atomic E-state index is -1.07. The van der Waals surface area contributed by atoms with Gasteiger partial charge in [0.05, 0.1) is 58.7 Å². The van der Waals surface area contributed by atoms with Crippen LogP contribution in [0.2, 0.25) is 0 Å². The average Bonchev–Trinajstić information content (AvgIpc) is 3.16. The van der Waals surface area contributed by atoms with Gasteiger partial charge in [0.15, 0.2) is 0 Å². The number of hydrogen-bond donors (Lipinski definition) is 4. The predicted molar refractivity (Wildman–Crippen MR) is 205 cm³/mol. The number of rotatable bonds is 25. The number of carboxylic acids is 1. The molecule has 4 N–H and O–H groups in total. The van der Waals surface area contributed by atoms with Crippen molar-refractivity contribution in [3.8, 4) is 11.1 Å². The smallest absolute Gasteiger partial charge is 0.305 e. The molecule has 0 fully saturated rings. The number of anilines is 1. The number of ether oxygens (including phenoxy) is 4. The van der Waals surface area contributed by atoms with E-state index in [2.05, 4.69) is 39.1 Å². The molecular formula is C41H52N4O8. The molecule has 12 heteroatoms. The van der Waals surface area contributed by atoms with Gasteiger partial charge in [0.2, 0.25) is 11.8 Å². The van der Waals surface area contributed by atoms with E-state index in [9.17, 15) is 19.5 Å². The third-order valence-electron chi connectivity index (χ3n) is 8.31. The number of aliphatic carboxylic acids is 1. The molecule has 1 aromatic heterocycles. The van der Waals surface area contributed by atoms with Crippen molar-refractivity contribution in [1.82, 2.24) is 15.6 Å². The van der Waals surface area contributed by atoms with Gasteiger partial charge in [0, 0.05) is 25.8 Å². The highest BCUT2D eigenvalue weighted by Gasteiger charge is 2.26. The van der Waals surface area contributed by atoms with Crippen LogP contribution in [0.1, 0.15) is 49.8 Å². The van der Waals surface area contributed by atoms with Crippen molar-refractivity contribution in [2.75, 3.05) is 64.7 Å². The maximum absolute atomic E-state index is 13.7. The molecule has 284 valence electrons. The topological polar surface area (TPSA) is 157 Å². The number of carbonyl (C=O) groups is 3. The van der Waals surface area contributed by atoms with Gasteiger partial charge < -0.3 is 40.0 Å². The fourth-order valence-corrected chi connectivity index (χ4v) is 5.62. The van der Waals surface area contributed by atoms with Gasteiger partial charge in [-0.2, -0.15) is 0 Å². The van der Waals surface area contributed by atoms with Gasteiger partial charge in [-0.15, -0.1) is 0 Å². The van der Waals surface area contributed by atoms with Crippen molar-refractivity contribution in [1.29, 1.82) is 0 Å². The first-order valence-electron chi connectivity index (χ1n) is 18.2. The molecule has 0 aliphatic rings. The lowest BCUT2D eigenvalue weighted by Crippen LogP contribution is -2.50. The first-order valence-corrected chi connectivity index (χ1v) is 18.2. The third kappa shape index (κ3) is 14.6. The van der Waals surface area contributed by atoms with E-state index in [0.29, 0.717) is 51.6 Å². The lowest BCUT2D eigenvalue weighted by atomic mass is 9.95. The number of aryl methyl sites for hydroxylation is 1. The summed E-state index contributed by atoms with van der Waals surface area (Å²) in [5, 5.41) is 20.8. The van der Waals surface area contributed by atoms with Crippen LogP contribution in [0, 0.1) is 6.92 Å². The van der Waals surface area contributed by atoms with E-state index in [-0.39, 0.29) is 38.6 Å². The van der Waals surface area contributed by atoms with Crippen molar-refractivity contribution in [2.24, 2.45) is 0 Å². The Bertz CT molecular complexity index is 1710. The van der Waals surface area contributed by atoms with Gasteiger partial charge in [0.1, 0.15) is 11.9 Å². The molecular weight excluding hydrogens is 676 g/mol. The van der Waals surface area contributed by atoms with Crippen LogP contribution >= 0.6 is 0 Å². The molecule has 0 saturated carbocycles. The quantitative estimate of drug-likeness (QED) is 0.0625. The van der Waals surface area contributed by atoms with Crippen LogP contribution < -0.4 is 16.0 Å². The summed E-state index contributed by atoms with van der Waals surface area (Å²) in [7, 11) is 0. The lowest BCUT2D eigenvalue weighted by molar-refractivity contribution is -0.138. The molecule has 2 amide bonds. The number of benzene rings is 3. The number of fused-ring (bicyclic) bond motifs is 1. The maximum atomic E-state index is 13.7. The van der Waals surface area contributed by atoms with Crippen molar-refractivity contribution in [3.63, 3.8) is 0 Å². The van der Waals surface area contributed by atoms with Crippen molar-refractivity contribution in [2.45, 2.75) is 51.6 Å². The Kier molecular flexibility index (Phi) is 17.7. The third-order valence-corrected chi connectivity index (χ3v) is 8.31. The summed E-state index contributed by atoms with van der Waals surface area (Å²) >= 11 is 0. The fraction of sp³-hybridized carbons (Fsp3) is 0.415. The van der Waals surface area contributed by atoms with Crippen LogP contribution in [0.25, 0.3) is 21.9 Å². The van der Waals surface area contributed by atoms with Crippen molar-refractivity contribution < 1.29 is 38.4 Å². The van der Waals surface area contributed by atoms with Crippen LogP contribution in [0.3, 0.4) is 0 Å². The Labute approximate surface area is 311 Å². The largest absolute Gasteiger partial charge is 0.481 e. The zero-order chi connectivity index (χ0) is 37.7. The summed E-state index contributed by atoms with van der Waals surface area (Å²) in [6.07, 6.45) is 2.99. The fourth-order valence-electron chi connectivity index (χ4n) is 5.62. The molecule has 0 bridgehead atoms. The van der Waals surface area contributed by atoms with E-state index in [1.54, 1.807) is 6.20 Å². The number of amides is 2. The number of carbonyl (C=O) groups excluding carboxylic acids is 2. The molecule has 4 rings (SSSR count). The second-order valence-corrected chi connectivity index (χ2v) is 12.6. The van der Waals surface area contributed by atoms with Gasteiger partial charge in [-0.1, -0.05) is 73.7 Å². The molecule has 0 radical (unpaired) electrons. The van der Waals surface area contributed by atoms with Gasteiger partial charge in [-0.3, -0.25) is 14.4 Å². The van der Waals surface area contributed by atoms with E-state index in [0.717, 1.165) is 39.7 Å². The minimum Gasteiger partial charge on any atom is -0.481 e. The van der Waals surface area contributed by atoms with E-state index in [1.165, 1.54) is 0 Å². The molecule has 0 unspecified atom stereocenters. The Balaban J connectivity index is 1.34. The lowest BCUT2D eigenvalue weighted by Gasteiger charge is -2.23. The molecule has 4 aromatic rings. The van der Waals surface area contributed by atoms with E-state index in [4.69, 9.17) is 18.9 Å². The van der Waals surface area contributed by atoms with Crippen LogP contribution in [-0.4, -0.2) is 93.3 Å². The molecule has 3 aromatic carbocycles. The number of carboxylic acid groups (broad SMARTS) is 1. The molecule has 12 nitrogen and oxygen atoms in total. The second-order valence-electron chi connectivity index (χ2n) is 12.6. The van der Waals surface area contributed by atoms with Gasteiger partial charge >= 0.3 is 5.97 Å². The molecule has 0 saturated heterocycles. The number of nitrogens with zero attached hydrogens (tertiary/aromatic N) is 1. The number of nitrogens with one attached hydrogen (secondary N) is 3. The van der Waals surface area contributed by atoms with E-state index >= 15 is 0 Å². The number of aromatic nitrogens is 1. The summed E-state index contributed by atoms with van der Waals surface area (Å²) in [4.78, 5) is 42.9. The minimum absolute atomic E-state index is 0.128. The van der Waals surface area contributed by atoms with E-state index in [1.807, 2.05) is 74.5 Å². The van der Waals surface area contributed by atoms with Crippen LogP contribution in [0.4, 0.5) is 5.82 Å². The summed E-state index contributed by atoms with van der Waals surface area (Å²) in [6, 6.07) is 23.6. The zero-order valence-electron chi connectivity index (χ0n) is 30.7. The Morgan fingerprint density at radius 3 is 2.17 bits per heavy atom. The Morgan fingerprint density at radius 2 is 1.47 bits per heavy atom. The van der Waals surface area contributed by atoms with Crippen LogP contribution in [-0.2, 0) is 33.3 Å². The van der Waals surface area contributed by atoms with E-state index < -0.39 is 24.0 Å². The highest BCUT2D eigenvalue weighted by molar-refractivity contribution is 5.96. The average molecular weight is 729 g/mol. The molecule has 53 heavy (non-hydrogen) atoms. The Morgan fingerprint density at radius 1 is 0.792 bits per heavy atom. The highest BCUT2D eigenvalue weighted by Crippen LogP contribution is 2.30. The molecule has 2 atom stereocenters. The molecule has 0 spiro atoms. The standard InChI is InChI=1S/C41H52N4O8/c1-3-20-50-21-22-51-23-24-52-25-26-53-29-37(44-39(46)12-7-18-42-38-27-30(2)17-19-43-38)41(49)45-36(28-40(47)48)33-15-13-32(14-16-33)35-11-6-9-31-8-4-5-10-34(31)35/h4-6,8-11,13-17,19,27,36-37H,3,7,12,18,20-26,28-29H2,1-2H3,(H,42,43)(H,44,46)(H,45,49)(H,47,48)/t36-,37+/m1/s1. The molecule has 1 heterocycles. The highest BCUT2D eigenvalue weighted by atomic mass is 16.6. The zero-order valence-corrected chi connectivity index (χ0v) is 30.7. The normalized spacial score (nSPS) is 12.3. The van der Waals surface area contributed by atoms with Crippen LogP contribution in [0.5, 0.6) is 0 Å². The summed E-state index contributed by atoms with van der Waals surface area (Å²) in [6.45, 7) is 7.39. The first-order chi connectivity index (χ1) is 25.8. The van der Waals surface area contributed by atoms with Crippen LogP contribution in [0.15, 0.2) is 85.1 Å². The summed E-state index contributed by atoms with van der Waals surface area (Å²) in [5.74, 6) is -1.24. The van der Waals surface area contributed by atoms with Crippen molar-refractivity contribution in [3.05, 3.63) is 96.2 Å². The first kappa shape index (κ1) is 40.9. The Hall–Kier alpha value is -4.88. The summed E-state index contributed by atoms with van der Waals surface area (Å²) in [5.41, 5.74) is 3.71. The molecule has 0 aliphatic heterocycles. The SMILES string of the molecule is CCCOCCOCCOCCOC[C@H](NC(=O)CCCNc1cc(C)ccn1)C(=O)N[C@H](CC(=O)O)c1ccc(-c2cccc3ccccc23)cc1. The monoisotopic (exact) mass is 728 g/mol. The predicted octanol–water partition coefficient (Wildman–Crippen LogP) is 5.70. The van der Waals surface area contributed by atoms with Gasteiger partial charge in [-0.25, -0.2) is 4.98 Å².